The first kappa shape index (κ1) is 11.1. The second kappa shape index (κ2) is 5.05. The van der Waals surface area contributed by atoms with Crippen LogP contribution in [0.4, 0.5) is 0 Å². The van der Waals surface area contributed by atoms with E-state index in [0.717, 1.165) is 32.4 Å². The zero-order chi connectivity index (χ0) is 10.6. The topological polar surface area (TPSA) is 20.3 Å². The summed E-state index contributed by atoms with van der Waals surface area (Å²) in [5.41, 5.74) is 0. The highest BCUT2D eigenvalue weighted by molar-refractivity contribution is 5.78. The van der Waals surface area contributed by atoms with Gasteiger partial charge < -0.3 is 4.90 Å². The second-order valence-electron chi connectivity index (χ2n) is 4.36. The minimum Gasteiger partial charge on any atom is -0.342 e. The molecule has 0 spiro atoms. The third-order valence-corrected chi connectivity index (χ3v) is 2.94. The van der Waals surface area contributed by atoms with E-state index in [9.17, 15) is 4.79 Å². The zero-order valence-corrected chi connectivity index (χ0v) is 9.12. The predicted molar refractivity (Wildman–Crippen MR) is 57.6 cm³/mol. The first-order valence-corrected chi connectivity index (χ1v) is 5.36. The number of likely N-dealkylation sites (tertiary alicyclic amines) is 1. The maximum atomic E-state index is 11.6. The molecule has 0 aromatic rings. The average molecular weight is 193 g/mol. The van der Waals surface area contributed by atoms with Crippen LogP contribution in [-0.2, 0) is 4.79 Å². The van der Waals surface area contributed by atoms with Crippen molar-refractivity contribution in [2.45, 2.75) is 33.1 Å². The van der Waals surface area contributed by atoms with Gasteiger partial charge in [-0.3, -0.25) is 4.79 Å². The molecule has 0 radical (unpaired) electrons. The van der Waals surface area contributed by atoms with E-state index in [4.69, 9.17) is 6.42 Å². The quantitative estimate of drug-likeness (QED) is 0.493. The third kappa shape index (κ3) is 2.77. The molecule has 1 unspecified atom stereocenters. The Kier molecular flexibility index (Phi) is 4.00. The van der Waals surface area contributed by atoms with Crippen LogP contribution in [0.1, 0.15) is 33.1 Å². The van der Waals surface area contributed by atoms with Crippen molar-refractivity contribution >= 4 is 5.91 Å². The highest BCUT2D eigenvalue weighted by Gasteiger charge is 2.30. The molecular formula is C12H19NO. The lowest BCUT2D eigenvalue weighted by molar-refractivity contribution is -0.127. The van der Waals surface area contributed by atoms with Gasteiger partial charge >= 0.3 is 0 Å². The van der Waals surface area contributed by atoms with E-state index in [1.54, 1.807) is 0 Å². The van der Waals surface area contributed by atoms with E-state index >= 15 is 0 Å². The fourth-order valence-corrected chi connectivity index (χ4v) is 1.84. The minimum absolute atomic E-state index is 0.306. The molecule has 0 N–H and O–H groups in total. The highest BCUT2D eigenvalue weighted by Crippen LogP contribution is 2.24. The lowest BCUT2D eigenvalue weighted by Gasteiger charge is -2.17. The summed E-state index contributed by atoms with van der Waals surface area (Å²) in [7, 11) is 0. The molecule has 2 heteroatoms. The maximum Gasteiger partial charge on any atom is 0.222 e. The lowest BCUT2D eigenvalue weighted by atomic mass is 9.95. The monoisotopic (exact) mass is 193 g/mol. The second-order valence-corrected chi connectivity index (χ2v) is 4.36. The Hall–Kier alpha value is -0.970. The Morgan fingerprint density at radius 2 is 2.36 bits per heavy atom. The van der Waals surface area contributed by atoms with Gasteiger partial charge in [-0.1, -0.05) is 13.8 Å². The number of nitrogens with zero attached hydrogens (tertiary/aromatic N) is 1. The van der Waals surface area contributed by atoms with Crippen molar-refractivity contribution in [3.8, 4) is 12.3 Å². The van der Waals surface area contributed by atoms with Gasteiger partial charge in [-0.2, -0.15) is 0 Å². The van der Waals surface area contributed by atoms with Gasteiger partial charge in [0.15, 0.2) is 0 Å². The molecule has 0 aromatic heterocycles. The molecule has 2 nitrogen and oxygen atoms in total. The van der Waals surface area contributed by atoms with Gasteiger partial charge in [-0.25, -0.2) is 0 Å². The van der Waals surface area contributed by atoms with Crippen LogP contribution in [0, 0.1) is 24.2 Å². The molecule has 1 atom stereocenters. The molecule has 1 saturated heterocycles. The van der Waals surface area contributed by atoms with E-state index in [1.165, 1.54) is 0 Å². The number of amides is 1. The van der Waals surface area contributed by atoms with Gasteiger partial charge in [-0.05, 0) is 18.3 Å². The summed E-state index contributed by atoms with van der Waals surface area (Å²) in [5.74, 6) is 4.07. The summed E-state index contributed by atoms with van der Waals surface area (Å²) in [5, 5.41) is 0. The van der Waals surface area contributed by atoms with Crippen molar-refractivity contribution in [1.82, 2.24) is 4.90 Å². The maximum absolute atomic E-state index is 11.6. The standard InChI is InChI=1S/C12H19NO/c1-4-5-6-7-13-9-11(10(2)3)8-12(13)14/h1,10-11H,5-9H2,2-3H3. The molecule has 1 aliphatic rings. The van der Waals surface area contributed by atoms with Crippen LogP contribution in [0.5, 0.6) is 0 Å². The first-order chi connectivity index (χ1) is 6.65. The number of rotatable bonds is 4. The summed E-state index contributed by atoms with van der Waals surface area (Å²) >= 11 is 0. The molecule has 1 heterocycles. The van der Waals surface area contributed by atoms with Crippen molar-refractivity contribution in [3.63, 3.8) is 0 Å². The van der Waals surface area contributed by atoms with Gasteiger partial charge in [0.2, 0.25) is 5.91 Å². The van der Waals surface area contributed by atoms with Crippen molar-refractivity contribution in [2.24, 2.45) is 11.8 Å². The van der Waals surface area contributed by atoms with E-state index < -0.39 is 0 Å². The third-order valence-electron chi connectivity index (χ3n) is 2.94. The van der Waals surface area contributed by atoms with Crippen LogP contribution < -0.4 is 0 Å². The molecule has 14 heavy (non-hydrogen) atoms. The fraction of sp³-hybridized carbons (Fsp3) is 0.750. The summed E-state index contributed by atoms with van der Waals surface area (Å²) < 4.78 is 0. The molecule has 0 bridgehead atoms. The number of hydrogen-bond donors (Lipinski definition) is 0. The van der Waals surface area contributed by atoms with Crippen LogP contribution in [-0.4, -0.2) is 23.9 Å². The first-order valence-electron chi connectivity index (χ1n) is 5.36. The SMILES string of the molecule is C#CCCCN1CC(C(C)C)CC1=O. The summed E-state index contributed by atoms with van der Waals surface area (Å²) in [6.45, 7) is 6.14. The van der Waals surface area contributed by atoms with Gasteiger partial charge in [0.1, 0.15) is 0 Å². The van der Waals surface area contributed by atoms with Crippen LogP contribution >= 0.6 is 0 Å². The molecule has 1 aliphatic heterocycles. The average Bonchev–Trinajstić information content (AvgIpc) is 2.49. The number of hydrogen-bond acceptors (Lipinski definition) is 1. The summed E-state index contributed by atoms with van der Waals surface area (Å²) in [6, 6.07) is 0. The Morgan fingerprint density at radius 3 is 2.86 bits per heavy atom. The van der Waals surface area contributed by atoms with Crippen molar-refractivity contribution in [3.05, 3.63) is 0 Å². The normalized spacial score (nSPS) is 21.7. The van der Waals surface area contributed by atoms with Gasteiger partial charge in [0, 0.05) is 25.9 Å². The van der Waals surface area contributed by atoms with Crippen LogP contribution in [0.15, 0.2) is 0 Å². The number of terminal acetylenes is 1. The Balaban J connectivity index is 2.34. The van der Waals surface area contributed by atoms with Crippen molar-refractivity contribution < 1.29 is 4.79 Å². The van der Waals surface area contributed by atoms with Crippen molar-refractivity contribution in [2.75, 3.05) is 13.1 Å². The fourth-order valence-electron chi connectivity index (χ4n) is 1.84. The van der Waals surface area contributed by atoms with E-state index in [2.05, 4.69) is 19.8 Å². The van der Waals surface area contributed by atoms with E-state index in [0.29, 0.717) is 17.7 Å². The molecule has 1 amide bonds. The summed E-state index contributed by atoms with van der Waals surface area (Å²) in [4.78, 5) is 13.5. The van der Waals surface area contributed by atoms with Gasteiger partial charge in [-0.15, -0.1) is 12.3 Å². The molecule has 1 rings (SSSR count). The Labute approximate surface area is 86.7 Å². The molecule has 78 valence electrons. The highest BCUT2D eigenvalue weighted by atomic mass is 16.2. The molecule has 0 aromatic carbocycles. The van der Waals surface area contributed by atoms with Gasteiger partial charge in [0.05, 0.1) is 0 Å². The smallest absolute Gasteiger partial charge is 0.222 e. The molecule has 0 aliphatic carbocycles. The minimum atomic E-state index is 0.306. The molecular weight excluding hydrogens is 174 g/mol. The number of carbonyl (C=O) groups excluding carboxylic acids is 1. The lowest BCUT2D eigenvalue weighted by Crippen LogP contribution is -2.26. The molecule has 0 saturated carbocycles. The van der Waals surface area contributed by atoms with Crippen molar-refractivity contribution in [1.29, 1.82) is 0 Å². The van der Waals surface area contributed by atoms with Crippen LogP contribution in [0.2, 0.25) is 0 Å². The predicted octanol–water partition coefficient (Wildman–Crippen LogP) is 1.90. The molecule has 1 fully saturated rings. The number of unbranched alkanes of at least 4 members (excludes halogenated alkanes) is 1. The number of carbonyl (C=O) groups is 1. The Bertz CT molecular complexity index is 239. The van der Waals surface area contributed by atoms with E-state index in [1.807, 2.05) is 4.90 Å². The zero-order valence-electron chi connectivity index (χ0n) is 9.12. The summed E-state index contributed by atoms with van der Waals surface area (Å²) in [6.07, 6.45) is 7.61. The largest absolute Gasteiger partial charge is 0.342 e. The Morgan fingerprint density at radius 1 is 1.64 bits per heavy atom. The van der Waals surface area contributed by atoms with Gasteiger partial charge in [0.25, 0.3) is 0 Å². The van der Waals surface area contributed by atoms with Crippen LogP contribution in [0.3, 0.4) is 0 Å². The van der Waals surface area contributed by atoms with E-state index in [-0.39, 0.29) is 0 Å². The van der Waals surface area contributed by atoms with Crippen LogP contribution in [0.25, 0.3) is 0 Å².